The zero-order chi connectivity index (χ0) is 33.6. The van der Waals surface area contributed by atoms with E-state index in [1.54, 1.807) is 18.2 Å². The predicted molar refractivity (Wildman–Crippen MR) is 144 cm³/mol. The maximum absolute atomic E-state index is 13.3. The van der Waals surface area contributed by atoms with Gasteiger partial charge in [-0.15, -0.1) is 0 Å². The molecule has 0 bridgehead atoms. The largest absolute Gasteiger partial charge is 0.368 e. The molecular weight excluding hydrogens is 652 g/mol. The molecule has 0 saturated carbocycles. The van der Waals surface area contributed by atoms with Crippen molar-refractivity contribution in [2.75, 3.05) is 26.3 Å². The molecule has 0 radical (unpaired) electrons. The molecule has 0 unspecified atom stereocenters. The van der Waals surface area contributed by atoms with Crippen LogP contribution in [0.5, 0.6) is 0 Å². The maximum atomic E-state index is 13.3. The number of nitriles is 1. The van der Waals surface area contributed by atoms with Crippen molar-refractivity contribution in [2.24, 2.45) is 5.73 Å². The van der Waals surface area contributed by atoms with Gasteiger partial charge in [0.15, 0.2) is 0 Å². The van der Waals surface area contributed by atoms with Crippen LogP contribution in [0.15, 0.2) is 70.5 Å². The fourth-order valence-corrected chi connectivity index (χ4v) is 6.02. The number of nitrogens with two attached hydrogens (primary N) is 1. The third-order valence-electron chi connectivity index (χ3n) is 6.40. The van der Waals surface area contributed by atoms with Gasteiger partial charge in [0.2, 0.25) is 5.91 Å². The standard InChI is InChI=1S/C13H14F2N2O5S.C13H12F2N2O4S/c14-13(15)6-10(12(16)19)17(8-13)11(18)7-22-23(20,21)9-4-2-1-3-5-9;14-13(15)6-10(7-16)17(9-13)12(18)8-21-22(19,20)11-4-2-1-3-5-11/h1-5,10H,6-8H2,(H2,16,19);1-5,10H,6,8-9H2/t2*10-/m00/s1. The molecule has 2 heterocycles. The van der Waals surface area contributed by atoms with E-state index in [4.69, 9.17) is 11.0 Å². The van der Waals surface area contributed by atoms with E-state index in [0.717, 1.165) is 0 Å². The number of benzene rings is 2. The van der Waals surface area contributed by atoms with E-state index in [-0.39, 0.29) is 9.79 Å². The summed E-state index contributed by atoms with van der Waals surface area (Å²) in [5.41, 5.74) is 4.99. The number of hydrogen-bond donors (Lipinski definition) is 1. The average molecular weight is 679 g/mol. The van der Waals surface area contributed by atoms with Crippen LogP contribution in [0.1, 0.15) is 12.8 Å². The first-order valence-electron chi connectivity index (χ1n) is 12.8. The molecule has 4 rings (SSSR count). The number of halogens is 4. The molecule has 2 atom stereocenters. The Bertz CT molecular complexity index is 1660. The number of carbonyl (C=O) groups is 3. The van der Waals surface area contributed by atoms with E-state index in [9.17, 15) is 48.8 Å². The van der Waals surface area contributed by atoms with E-state index in [0.29, 0.717) is 9.80 Å². The lowest BCUT2D eigenvalue weighted by atomic mass is 10.2. The van der Waals surface area contributed by atoms with Crippen LogP contribution in [-0.2, 0) is 43.0 Å². The van der Waals surface area contributed by atoms with Crippen LogP contribution in [0.3, 0.4) is 0 Å². The van der Waals surface area contributed by atoms with Gasteiger partial charge in [-0.3, -0.25) is 22.7 Å². The van der Waals surface area contributed by atoms with Crippen molar-refractivity contribution in [2.45, 2.75) is 46.6 Å². The quantitative estimate of drug-likeness (QED) is 0.298. The molecule has 3 amide bonds. The lowest BCUT2D eigenvalue weighted by molar-refractivity contribution is -0.139. The second-order valence-electron chi connectivity index (χ2n) is 9.79. The SMILES string of the molecule is N#C[C@@H]1CC(F)(F)CN1C(=O)COS(=O)(=O)c1ccccc1.NC(=O)[C@@H]1CC(F)(F)CN1C(=O)COS(=O)(=O)c1ccccc1. The molecule has 0 spiro atoms. The number of alkyl halides is 4. The Morgan fingerprint density at radius 3 is 1.60 bits per heavy atom. The highest BCUT2D eigenvalue weighted by molar-refractivity contribution is 7.87. The smallest absolute Gasteiger partial charge is 0.297 e. The van der Waals surface area contributed by atoms with Gasteiger partial charge in [-0.05, 0) is 24.3 Å². The number of carbonyl (C=O) groups excluding carboxylic acids is 3. The van der Waals surface area contributed by atoms with E-state index in [1.807, 2.05) is 0 Å². The van der Waals surface area contributed by atoms with Crippen LogP contribution in [0.25, 0.3) is 0 Å². The second kappa shape index (κ2) is 13.9. The Morgan fingerprint density at radius 1 is 0.778 bits per heavy atom. The first-order chi connectivity index (χ1) is 20.9. The zero-order valence-electron chi connectivity index (χ0n) is 23.1. The summed E-state index contributed by atoms with van der Waals surface area (Å²) in [4.78, 5) is 35.8. The van der Waals surface area contributed by atoms with E-state index in [1.165, 1.54) is 48.5 Å². The van der Waals surface area contributed by atoms with Crippen molar-refractivity contribution >= 4 is 38.0 Å². The van der Waals surface area contributed by atoms with Gasteiger partial charge in [-0.2, -0.15) is 22.1 Å². The molecule has 0 aliphatic carbocycles. The number of likely N-dealkylation sites (tertiary alicyclic amines) is 2. The van der Waals surface area contributed by atoms with Crippen molar-refractivity contribution in [1.29, 1.82) is 5.26 Å². The van der Waals surface area contributed by atoms with Gasteiger partial charge in [0.05, 0.1) is 28.9 Å². The summed E-state index contributed by atoms with van der Waals surface area (Å²) >= 11 is 0. The third kappa shape index (κ3) is 9.43. The molecule has 2 saturated heterocycles. The Kier molecular flexibility index (Phi) is 10.9. The van der Waals surface area contributed by atoms with E-state index >= 15 is 0 Å². The topological polar surface area (TPSA) is 194 Å². The number of primary amides is 1. The minimum absolute atomic E-state index is 0.147. The van der Waals surface area contributed by atoms with Gasteiger partial charge in [-0.25, -0.2) is 17.6 Å². The Hall–Kier alpha value is -4.12. The molecule has 2 N–H and O–H groups in total. The molecule has 19 heteroatoms. The molecule has 2 aliphatic heterocycles. The molecule has 2 aliphatic rings. The lowest BCUT2D eigenvalue weighted by Crippen LogP contribution is -2.45. The number of rotatable bonds is 9. The molecule has 13 nitrogen and oxygen atoms in total. The van der Waals surface area contributed by atoms with Gasteiger partial charge < -0.3 is 15.5 Å². The van der Waals surface area contributed by atoms with Gasteiger partial charge in [-0.1, -0.05) is 36.4 Å². The summed E-state index contributed by atoms with van der Waals surface area (Å²) in [5.74, 6) is -9.52. The highest BCUT2D eigenvalue weighted by Gasteiger charge is 2.49. The molecule has 2 fully saturated rings. The van der Waals surface area contributed by atoms with Crippen molar-refractivity contribution in [3.8, 4) is 6.07 Å². The summed E-state index contributed by atoms with van der Waals surface area (Å²) in [6.07, 6.45) is -1.65. The average Bonchev–Trinajstić information content (AvgIpc) is 3.50. The number of hydrogen-bond acceptors (Lipinski definition) is 10. The molecule has 244 valence electrons. The first kappa shape index (κ1) is 35.4. The molecule has 0 aromatic heterocycles. The predicted octanol–water partition coefficient (Wildman–Crippen LogP) is 1.27. The van der Waals surface area contributed by atoms with Crippen LogP contribution in [0.2, 0.25) is 0 Å². The normalized spacial score (nSPS) is 20.5. The fraction of sp³-hybridized carbons (Fsp3) is 0.385. The zero-order valence-corrected chi connectivity index (χ0v) is 24.7. The van der Waals surface area contributed by atoms with Crippen LogP contribution in [0.4, 0.5) is 17.6 Å². The van der Waals surface area contributed by atoms with E-state index in [2.05, 4.69) is 8.37 Å². The van der Waals surface area contributed by atoms with Crippen molar-refractivity contribution in [1.82, 2.24) is 9.80 Å². The van der Waals surface area contributed by atoms with Gasteiger partial charge in [0, 0.05) is 12.8 Å². The minimum Gasteiger partial charge on any atom is -0.368 e. The van der Waals surface area contributed by atoms with Gasteiger partial charge in [0.1, 0.15) is 25.3 Å². The maximum Gasteiger partial charge on any atom is 0.297 e. The van der Waals surface area contributed by atoms with Crippen molar-refractivity contribution in [3.63, 3.8) is 0 Å². The van der Waals surface area contributed by atoms with Gasteiger partial charge >= 0.3 is 0 Å². The summed E-state index contributed by atoms with van der Waals surface area (Å²) in [6, 6.07) is 13.0. The summed E-state index contributed by atoms with van der Waals surface area (Å²) in [6.45, 7) is -3.84. The number of amides is 3. The Morgan fingerprint density at radius 2 is 1.18 bits per heavy atom. The summed E-state index contributed by atoms with van der Waals surface area (Å²) < 4.78 is 110. The van der Waals surface area contributed by atoms with Crippen LogP contribution in [0, 0.1) is 11.3 Å². The molecule has 45 heavy (non-hydrogen) atoms. The highest BCUT2D eigenvalue weighted by atomic mass is 32.2. The summed E-state index contributed by atoms with van der Waals surface area (Å²) in [7, 11) is -8.36. The third-order valence-corrected chi connectivity index (χ3v) is 8.95. The van der Waals surface area contributed by atoms with Gasteiger partial charge in [0.25, 0.3) is 43.9 Å². The monoisotopic (exact) mass is 678 g/mol. The van der Waals surface area contributed by atoms with Crippen LogP contribution < -0.4 is 5.73 Å². The molecule has 2 aromatic rings. The fourth-order valence-electron chi connectivity index (χ4n) is 4.26. The first-order valence-corrected chi connectivity index (χ1v) is 15.6. The minimum atomic E-state index is -4.20. The Labute approximate surface area is 255 Å². The molecule has 2 aromatic carbocycles. The highest BCUT2D eigenvalue weighted by Crippen LogP contribution is 2.33. The summed E-state index contributed by atoms with van der Waals surface area (Å²) in [5, 5.41) is 8.79. The van der Waals surface area contributed by atoms with E-state index < -0.39 is 101 Å². The lowest BCUT2D eigenvalue weighted by Gasteiger charge is -2.21. The van der Waals surface area contributed by atoms with Crippen LogP contribution >= 0.6 is 0 Å². The van der Waals surface area contributed by atoms with Crippen molar-refractivity contribution in [3.05, 3.63) is 60.7 Å². The molecular formula is C26H26F4N4O9S2. The Balaban J connectivity index is 0.000000246. The second-order valence-corrected chi connectivity index (χ2v) is 13.0. The van der Waals surface area contributed by atoms with Crippen molar-refractivity contribution < 1.29 is 57.1 Å². The van der Waals surface area contributed by atoms with Crippen LogP contribution in [-0.4, -0.2) is 94.6 Å². The number of nitrogens with zero attached hydrogens (tertiary/aromatic N) is 3.